The second-order valence-corrected chi connectivity index (χ2v) is 21.5. The summed E-state index contributed by atoms with van der Waals surface area (Å²) in [5.74, 6) is 0. The van der Waals surface area contributed by atoms with Crippen LogP contribution in [0.4, 0.5) is 0 Å². The van der Waals surface area contributed by atoms with Gasteiger partial charge in [0.25, 0.3) is 0 Å². The van der Waals surface area contributed by atoms with Crippen LogP contribution in [0.1, 0.15) is 25.7 Å². The highest BCUT2D eigenvalue weighted by molar-refractivity contribution is 6.93. The summed E-state index contributed by atoms with van der Waals surface area (Å²) >= 11 is 0. The highest BCUT2D eigenvalue weighted by Crippen LogP contribution is 2.43. The smallest absolute Gasteiger partial charge is 0.377 e. The predicted molar refractivity (Wildman–Crippen MR) is 130 cm³/mol. The van der Waals surface area contributed by atoms with E-state index >= 15 is 0 Å². The highest BCUT2D eigenvalue weighted by Gasteiger charge is 2.39. The third-order valence-electron chi connectivity index (χ3n) is 6.04. The molecule has 0 bridgehead atoms. The first-order valence-corrected chi connectivity index (χ1v) is 18.8. The molecule has 0 aliphatic heterocycles. The third kappa shape index (κ3) is 6.24. The maximum atomic E-state index is 5.57. The summed E-state index contributed by atoms with van der Waals surface area (Å²) in [6, 6.07) is 3.18. The quantitative estimate of drug-likeness (QED) is 0.175. The Labute approximate surface area is 176 Å². The van der Waals surface area contributed by atoms with Crippen molar-refractivity contribution in [2.45, 2.75) is 70.0 Å². The lowest BCUT2D eigenvalue weighted by Gasteiger charge is -2.34. The zero-order valence-electron chi connectivity index (χ0n) is 19.3. The number of hydrogen-bond acceptors (Lipinski definition) is 3. The van der Waals surface area contributed by atoms with Gasteiger partial charge in [0.2, 0.25) is 0 Å². The predicted octanol–water partition coefficient (Wildman–Crippen LogP) is 6.53. The van der Waals surface area contributed by atoms with Gasteiger partial charge in [-0.1, -0.05) is 60.4 Å². The molecule has 160 valence electrons. The largest absolute Gasteiger partial charge is 0.500 e. The van der Waals surface area contributed by atoms with E-state index < -0.39 is 25.0 Å². The normalized spacial score (nSPS) is 15.8. The average Bonchev–Trinajstić information content (AvgIpc) is 3.08. The first-order chi connectivity index (χ1) is 13.1. The summed E-state index contributed by atoms with van der Waals surface area (Å²) in [5, 5.41) is 3.45. The first-order valence-electron chi connectivity index (χ1n) is 10.4. The van der Waals surface area contributed by atoms with Crippen molar-refractivity contribution in [2.75, 3.05) is 21.3 Å². The molecule has 0 spiro atoms. The van der Waals surface area contributed by atoms with Gasteiger partial charge in [-0.25, -0.2) is 0 Å². The molecule has 0 atom stereocenters. The minimum atomic E-state index is -2.45. The van der Waals surface area contributed by atoms with Crippen molar-refractivity contribution in [3.8, 4) is 0 Å². The molecule has 0 N–H and O–H groups in total. The van der Waals surface area contributed by atoms with Gasteiger partial charge in [-0.2, -0.15) is 0 Å². The molecule has 0 fully saturated rings. The van der Waals surface area contributed by atoms with E-state index in [4.69, 9.17) is 13.3 Å². The lowest BCUT2D eigenvalue weighted by Crippen LogP contribution is -2.42. The molecule has 1 rings (SSSR count). The molecule has 0 unspecified atom stereocenters. The Kier molecular flexibility index (Phi) is 10.1. The van der Waals surface area contributed by atoms with E-state index in [0.29, 0.717) is 0 Å². The van der Waals surface area contributed by atoms with Crippen molar-refractivity contribution < 1.29 is 13.3 Å². The van der Waals surface area contributed by atoms with Crippen molar-refractivity contribution >= 4 is 25.0 Å². The van der Waals surface area contributed by atoms with Crippen molar-refractivity contribution in [1.82, 2.24) is 0 Å². The fourth-order valence-corrected chi connectivity index (χ4v) is 13.7. The Bertz CT molecular complexity index is 594. The molecule has 0 aromatic carbocycles. The van der Waals surface area contributed by atoms with Crippen LogP contribution in [0, 0.1) is 0 Å². The van der Waals surface area contributed by atoms with Crippen LogP contribution in [-0.2, 0) is 13.3 Å². The van der Waals surface area contributed by atoms with Gasteiger partial charge >= 0.3 is 8.80 Å². The van der Waals surface area contributed by atoms with Gasteiger partial charge in [0, 0.05) is 27.4 Å². The van der Waals surface area contributed by atoms with E-state index in [1.807, 2.05) is 0 Å². The number of rotatable bonds is 14. The molecule has 0 amide bonds. The fourth-order valence-electron chi connectivity index (χ4n) is 4.47. The lowest BCUT2D eigenvalue weighted by atomic mass is 10.1. The fraction of sp³-hybridized carbons (Fsp3) is 0.636. The molecule has 1 aliphatic rings. The van der Waals surface area contributed by atoms with Crippen LogP contribution in [0.2, 0.25) is 44.3 Å². The molecule has 28 heavy (non-hydrogen) atoms. The Morgan fingerprint density at radius 1 is 0.893 bits per heavy atom. The molecule has 0 aromatic heterocycles. The summed E-state index contributed by atoms with van der Waals surface area (Å²) in [6.07, 6.45) is 11.3. The van der Waals surface area contributed by atoms with Crippen LogP contribution in [-0.4, -0.2) is 46.3 Å². The second-order valence-electron chi connectivity index (χ2n) is 9.06. The van der Waals surface area contributed by atoms with Gasteiger partial charge in [-0.05, 0) is 37.8 Å². The number of unbranched alkanes of at least 4 members (excludes halogenated alkanes) is 1. The molecule has 0 saturated heterocycles. The zero-order valence-corrected chi connectivity index (χ0v) is 22.3. The molecule has 0 heterocycles. The summed E-state index contributed by atoms with van der Waals surface area (Å²) in [7, 11) is -0.362. The van der Waals surface area contributed by atoms with Crippen molar-refractivity contribution in [3.05, 3.63) is 47.4 Å². The zero-order chi connectivity index (χ0) is 21.4. The maximum absolute atomic E-state index is 5.57. The summed E-state index contributed by atoms with van der Waals surface area (Å²) in [4.78, 5) is 0. The Morgan fingerprint density at radius 3 is 1.93 bits per heavy atom. The minimum absolute atomic E-state index is 0.879. The summed E-state index contributed by atoms with van der Waals surface area (Å²) in [5.41, 5.74) is 1.68. The van der Waals surface area contributed by atoms with Gasteiger partial charge in [-0.15, -0.1) is 13.2 Å². The summed E-state index contributed by atoms with van der Waals surface area (Å²) in [6.45, 7) is 18.1. The Hall–Kier alpha value is -0.509. The molecular weight excluding hydrogens is 396 g/mol. The monoisotopic (exact) mass is 438 g/mol. The molecule has 6 heteroatoms. The molecule has 0 radical (unpaired) electrons. The van der Waals surface area contributed by atoms with Crippen LogP contribution in [0.5, 0.6) is 0 Å². The highest BCUT2D eigenvalue weighted by atomic mass is 28.4. The molecular formula is C22H42O3Si3. The lowest BCUT2D eigenvalue weighted by molar-refractivity contribution is 0.123. The number of hydrogen-bond donors (Lipinski definition) is 0. The topological polar surface area (TPSA) is 27.7 Å². The first kappa shape index (κ1) is 25.5. The average molecular weight is 439 g/mol. The van der Waals surface area contributed by atoms with Crippen LogP contribution in [0.3, 0.4) is 0 Å². The molecule has 0 aromatic rings. The van der Waals surface area contributed by atoms with Crippen molar-refractivity contribution in [1.29, 1.82) is 0 Å². The third-order valence-corrected chi connectivity index (χ3v) is 15.6. The standard InChI is InChI=1S/C22H42O3Si3/c1-10-17-26(6,7)21-16-15-20(22(21)27(8,9)18-11-2)14-12-13-19-28(23-3,24-4)25-5/h10-11,16H,1-2,12-15,17-19H2,3-9H3. The van der Waals surface area contributed by atoms with Gasteiger partial charge in [-0.3, -0.25) is 0 Å². The minimum Gasteiger partial charge on any atom is -0.377 e. The van der Waals surface area contributed by atoms with Crippen LogP contribution < -0.4 is 0 Å². The van der Waals surface area contributed by atoms with Crippen LogP contribution in [0.15, 0.2) is 47.4 Å². The van der Waals surface area contributed by atoms with Crippen LogP contribution >= 0.6 is 0 Å². The van der Waals surface area contributed by atoms with Crippen molar-refractivity contribution in [3.63, 3.8) is 0 Å². The van der Waals surface area contributed by atoms with Gasteiger partial charge in [0.15, 0.2) is 0 Å². The summed E-state index contributed by atoms with van der Waals surface area (Å²) < 4.78 is 16.7. The van der Waals surface area contributed by atoms with E-state index in [9.17, 15) is 0 Å². The second kappa shape index (κ2) is 11.0. The van der Waals surface area contributed by atoms with E-state index in [0.717, 1.165) is 37.4 Å². The Balaban J connectivity index is 2.99. The van der Waals surface area contributed by atoms with E-state index in [1.165, 1.54) is 6.42 Å². The van der Waals surface area contributed by atoms with E-state index in [-0.39, 0.29) is 0 Å². The van der Waals surface area contributed by atoms with Gasteiger partial charge in [0.1, 0.15) is 0 Å². The number of allylic oxidation sites excluding steroid dienone is 6. The van der Waals surface area contributed by atoms with Crippen LogP contribution in [0.25, 0.3) is 0 Å². The molecule has 3 nitrogen and oxygen atoms in total. The Morgan fingerprint density at radius 2 is 1.43 bits per heavy atom. The van der Waals surface area contributed by atoms with Crippen molar-refractivity contribution in [2.24, 2.45) is 0 Å². The van der Waals surface area contributed by atoms with Gasteiger partial charge < -0.3 is 13.3 Å². The van der Waals surface area contributed by atoms with Gasteiger partial charge in [0.05, 0.1) is 16.1 Å². The molecule has 1 aliphatic carbocycles. The SMILES string of the molecule is C=CC[Si](C)(C)C1=CCC(CCCC[Si](OC)(OC)OC)=C1[Si](C)(C)CC=C. The maximum Gasteiger partial charge on any atom is 0.500 e. The van der Waals surface area contributed by atoms with E-state index in [1.54, 1.807) is 37.3 Å². The van der Waals surface area contributed by atoms with E-state index in [2.05, 4.69) is 57.6 Å². The molecule has 0 saturated carbocycles.